The second-order valence-corrected chi connectivity index (χ2v) is 10.8. The molecule has 3 unspecified atom stereocenters. The zero-order valence-corrected chi connectivity index (χ0v) is 22.5. The summed E-state index contributed by atoms with van der Waals surface area (Å²) in [6, 6.07) is 11.0. The van der Waals surface area contributed by atoms with Crippen molar-refractivity contribution in [3.63, 3.8) is 0 Å². The number of nitrogens with zero attached hydrogens (tertiary/aromatic N) is 2. The van der Waals surface area contributed by atoms with Crippen LogP contribution in [0.2, 0.25) is 0 Å². The Kier molecular flexibility index (Phi) is 9.13. The van der Waals surface area contributed by atoms with Gasteiger partial charge in [0.2, 0.25) is 5.91 Å². The van der Waals surface area contributed by atoms with Crippen molar-refractivity contribution in [1.29, 1.82) is 0 Å². The summed E-state index contributed by atoms with van der Waals surface area (Å²) in [6.07, 6.45) is -3.06. The van der Waals surface area contributed by atoms with Gasteiger partial charge < -0.3 is 26.0 Å². The number of carbonyl (C=O) groups is 2. The highest BCUT2D eigenvalue weighted by molar-refractivity contribution is 5.94. The third-order valence-corrected chi connectivity index (χ3v) is 7.68. The maximum atomic E-state index is 13.2. The molecule has 1 aliphatic rings. The smallest absolute Gasteiger partial charge is 0.406 e. The van der Waals surface area contributed by atoms with E-state index in [1.54, 1.807) is 24.3 Å². The zero-order chi connectivity index (χ0) is 29.8. The van der Waals surface area contributed by atoms with E-state index in [0.717, 1.165) is 12.1 Å². The van der Waals surface area contributed by atoms with Gasteiger partial charge >= 0.3 is 6.36 Å². The minimum atomic E-state index is -4.85. The van der Waals surface area contributed by atoms with Crippen LogP contribution in [0.5, 0.6) is 5.75 Å². The van der Waals surface area contributed by atoms with Gasteiger partial charge in [-0.2, -0.15) is 0 Å². The average molecular weight is 575 g/mol. The highest BCUT2D eigenvalue weighted by Crippen LogP contribution is 2.39. The lowest BCUT2D eigenvalue weighted by molar-refractivity contribution is -0.274. The van der Waals surface area contributed by atoms with Crippen molar-refractivity contribution >= 4 is 22.8 Å². The predicted molar refractivity (Wildman–Crippen MR) is 144 cm³/mol. The molecule has 3 aromatic rings. The monoisotopic (exact) mass is 574 g/mol. The van der Waals surface area contributed by atoms with Crippen molar-refractivity contribution in [2.45, 2.75) is 69.6 Å². The van der Waals surface area contributed by atoms with Crippen molar-refractivity contribution in [1.82, 2.24) is 15.3 Å². The molecule has 1 heterocycles. The Balaban J connectivity index is 1.57. The maximum Gasteiger partial charge on any atom is 0.573 e. The molecule has 1 fully saturated rings. The number of carbonyl (C=O) groups excluding carboxylic acids is 2. The van der Waals surface area contributed by atoms with Crippen molar-refractivity contribution in [2.75, 3.05) is 0 Å². The van der Waals surface area contributed by atoms with Gasteiger partial charge in [-0.15, -0.1) is 13.2 Å². The van der Waals surface area contributed by atoms with Gasteiger partial charge in [-0.05, 0) is 74.3 Å². The number of amides is 2. The minimum Gasteiger partial charge on any atom is -0.406 e. The fraction of sp³-hybridized carbons (Fsp3) is 0.448. The Bertz CT molecular complexity index is 1360. The Hall–Kier alpha value is -3.77. The molecule has 5 N–H and O–H groups in total. The molecule has 1 aromatic heterocycles. The van der Waals surface area contributed by atoms with Crippen molar-refractivity contribution < 1.29 is 37.7 Å². The van der Waals surface area contributed by atoms with Gasteiger partial charge in [-0.1, -0.05) is 31.2 Å². The third-order valence-electron chi connectivity index (χ3n) is 7.68. The molecule has 0 saturated heterocycles. The summed E-state index contributed by atoms with van der Waals surface area (Å²) in [4.78, 5) is 34.2. The van der Waals surface area contributed by atoms with Gasteiger partial charge in [-0.3, -0.25) is 14.6 Å². The van der Waals surface area contributed by atoms with Gasteiger partial charge in [-0.25, -0.2) is 4.98 Å². The van der Waals surface area contributed by atoms with Crippen LogP contribution < -0.4 is 15.8 Å². The van der Waals surface area contributed by atoms with E-state index in [-0.39, 0.29) is 18.5 Å². The SMILES string of the molecule is CC1CCC(O)(C(CC(O)C(Cc2ccc(OC(F)(F)F)cc2)NC(=O)c2cnc3ccccc3n2)C(N)=O)CC1. The molecular formula is C29H33F3N4O5. The molecule has 0 spiro atoms. The molecule has 0 aliphatic heterocycles. The van der Waals surface area contributed by atoms with Gasteiger partial charge in [0.1, 0.15) is 11.4 Å². The number of nitrogens with two attached hydrogens (primary N) is 1. The number of alkyl halides is 3. The van der Waals surface area contributed by atoms with E-state index >= 15 is 0 Å². The van der Waals surface area contributed by atoms with E-state index in [1.165, 1.54) is 18.3 Å². The number of halogens is 3. The van der Waals surface area contributed by atoms with E-state index in [1.807, 2.05) is 0 Å². The second-order valence-electron chi connectivity index (χ2n) is 10.8. The molecule has 1 aliphatic carbocycles. The van der Waals surface area contributed by atoms with E-state index in [2.05, 4.69) is 26.9 Å². The highest BCUT2D eigenvalue weighted by atomic mass is 19.4. The predicted octanol–water partition coefficient (Wildman–Crippen LogP) is 3.66. The fourth-order valence-electron chi connectivity index (χ4n) is 5.29. The standard InChI is InChI=1S/C29H33F3N4O5/c1-17-10-12-28(40,13-11-17)20(26(33)38)15-25(37)23(14-18-6-8-19(9-7-18)41-29(30,31)32)36-27(39)24-16-34-21-4-2-3-5-22(21)35-24/h2-9,16-17,20,23,25,37,40H,10-15H2,1H3,(H2,33,38)(H,36,39). The molecule has 12 heteroatoms. The summed E-state index contributed by atoms with van der Waals surface area (Å²) >= 11 is 0. The van der Waals surface area contributed by atoms with Crippen LogP contribution in [0.15, 0.2) is 54.7 Å². The van der Waals surface area contributed by atoms with Crippen LogP contribution in [0, 0.1) is 11.8 Å². The summed E-state index contributed by atoms with van der Waals surface area (Å²) in [6.45, 7) is 2.06. The number of nitrogens with one attached hydrogen (secondary N) is 1. The molecular weight excluding hydrogens is 541 g/mol. The van der Waals surface area contributed by atoms with Crippen LogP contribution in [0.3, 0.4) is 0 Å². The largest absolute Gasteiger partial charge is 0.573 e. The first-order valence-corrected chi connectivity index (χ1v) is 13.4. The summed E-state index contributed by atoms with van der Waals surface area (Å²) < 4.78 is 41.7. The highest BCUT2D eigenvalue weighted by Gasteiger charge is 2.44. The average Bonchev–Trinajstić information content (AvgIpc) is 2.92. The van der Waals surface area contributed by atoms with Gasteiger partial charge in [0.25, 0.3) is 5.91 Å². The first kappa shape index (κ1) is 30.2. The third kappa shape index (κ3) is 7.92. The number of primary amides is 1. The van der Waals surface area contributed by atoms with E-state index in [9.17, 15) is 33.0 Å². The van der Waals surface area contributed by atoms with Crippen molar-refractivity contribution in [2.24, 2.45) is 17.6 Å². The number of aliphatic hydroxyl groups is 2. The molecule has 1 saturated carbocycles. The van der Waals surface area contributed by atoms with Crippen LogP contribution in [0.1, 0.15) is 55.1 Å². The minimum absolute atomic E-state index is 0.0127. The molecule has 3 atom stereocenters. The molecule has 9 nitrogen and oxygen atoms in total. The van der Waals surface area contributed by atoms with Gasteiger partial charge in [0.15, 0.2) is 0 Å². The van der Waals surface area contributed by atoms with Crippen LogP contribution in [-0.4, -0.2) is 56.1 Å². The summed E-state index contributed by atoms with van der Waals surface area (Å²) in [7, 11) is 0. The van der Waals surface area contributed by atoms with Crippen LogP contribution in [0.4, 0.5) is 13.2 Å². The number of para-hydroxylation sites is 2. The second kappa shape index (κ2) is 12.4. The van der Waals surface area contributed by atoms with Crippen molar-refractivity contribution in [3.8, 4) is 5.75 Å². The summed E-state index contributed by atoms with van der Waals surface area (Å²) in [5, 5.41) is 25.3. The van der Waals surface area contributed by atoms with E-state index < -0.39 is 47.6 Å². The number of benzene rings is 2. The normalized spacial score (nSPS) is 21.6. The molecule has 220 valence electrons. The van der Waals surface area contributed by atoms with E-state index in [0.29, 0.717) is 48.2 Å². The number of ether oxygens (including phenoxy) is 1. The number of hydrogen-bond acceptors (Lipinski definition) is 7. The maximum absolute atomic E-state index is 13.2. The quantitative estimate of drug-likeness (QED) is 0.289. The van der Waals surface area contributed by atoms with Gasteiger partial charge in [0, 0.05) is 0 Å². The molecule has 2 amide bonds. The number of fused-ring (bicyclic) bond motifs is 1. The molecule has 4 rings (SSSR count). The first-order valence-electron chi connectivity index (χ1n) is 13.4. The molecule has 0 bridgehead atoms. The van der Waals surface area contributed by atoms with Crippen LogP contribution >= 0.6 is 0 Å². The van der Waals surface area contributed by atoms with Crippen LogP contribution in [0.25, 0.3) is 11.0 Å². The zero-order valence-electron chi connectivity index (χ0n) is 22.5. The molecule has 0 radical (unpaired) electrons. The first-order chi connectivity index (χ1) is 19.3. The Morgan fingerprint density at radius 3 is 2.37 bits per heavy atom. The van der Waals surface area contributed by atoms with Crippen LogP contribution in [-0.2, 0) is 11.2 Å². The van der Waals surface area contributed by atoms with E-state index in [4.69, 9.17) is 5.73 Å². The number of aromatic nitrogens is 2. The lowest BCUT2D eigenvalue weighted by Crippen LogP contribution is -2.52. The lowest BCUT2D eigenvalue weighted by Gasteiger charge is -2.41. The topological polar surface area (TPSA) is 148 Å². The number of hydrogen-bond donors (Lipinski definition) is 4. The Morgan fingerprint density at radius 2 is 1.76 bits per heavy atom. The molecule has 41 heavy (non-hydrogen) atoms. The number of rotatable bonds is 10. The number of aliphatic hydroxyl groups excluding tert-OH is 1. The lowest BCUT2D eigenvalue weighted by atomic mass is 9.70. The summed E-state index contributed by atoms with van der Waals surface area (Å²) in [5.74, 6) is -2.53. The van der Waals surface area contributed by atoms with Crippen molar-refractivity contribution in [3.05, 3.63) is 66.0 Å². The fourth-order valence-corrected chi connectivity index (χ4v) is 5.29. The summed E-state index contributed by atoms with van der Waals surface area (Å²) in [5.41, 5.74) is 5.82. The molecule has 2 aromatic carbocycles. The Morgan fingerprint density at radius 1 is 1.12 bits per heavy atom. The van der Waals surface area contributed by atoms with Gasteiger partial charge in [0.05, 0.1) is 40.9 Å². The Labute approximate surface area is 234 Å².